The number of likely N-dealkylation sites (N-methyl/N-ethyl adjacent to an activating group) is 1. The number of hydrogen-bond acceptors (Lipinski definition) is 7. The van der Waals surface area contributed by atoms with E-state index in [9.17, 15) is 19.5 Å². The van der Waals surface area contributed by atoms with Crippen LogP contribution in [0.5, 0.6) is 0 Å². The van der Waals surface area contributed by atoms with Gasteiger partial charge in [0.05, 0.1) is 40.3 Å². The molecule has 0 heterocycles. The monoisotopic (exact) mass is 810 g/mol. The number of rotatable bonds is 39. The Bertz CT molecular complexity index is 1220. The smallest absolute Gasteiger partial charge is 0.306 e. The number of carbonyl (C=O) groups excluding carboxylic acids is 3. The van der Waals surface area contributed by atoms with Gasteiger partial charge in [0.1, 0.15) is 12.6 Å². The second-order valence-corrected chi connectivity index (χ2v) is 16.0. The maximum Gasteiger partial charge on any atom is 0.306 e. The molecule has 0 amide bonds. The van der Waals surface area contributed by atoms with Gasteiger partial charge < -0.3 is 28.6 Å². The van der Waals surface area contributed by atoms with Crippen molar-refractivity contribution in [3.05, 3.63) is 85.1 Å². The molecule has 0 saturated heterocycles. The molecule has 0 aliphatic rings. The van der Waals surface area contributed by atoms with E-state index in [0.29, 0.717) is 6.42 Å². The number of esters is 2. The van der Waals surface area contributed by atoms with Crippen molar-refractivity contribution < 1.29 is 38.2 Å². The molecule has 0 aromatic carbocycles. The summed E-state index contributed by atoms with van der Waals surface area (Å²) in [6, 6.07) is -0.739. The topological polar surface area (TPSA) is 102 Å². The summed E-state index contributed by atoms with van der Waals surface area (Å²) in [7, 11) is 5.38. The van der Waals surface area contributed by atoms with Gasteiger partial charge in [-0.25, -0.2) is 0 Å². The van der Waals surface area contributed by atoms with Crippen LogP contribution < -0.4 is 5.11 Å². The second kappa shape index (κ2) is 40.3. The minimum atomic E-state index is -1.14. The second-order valence-electron chi connectivity index (χ2n) is 16.0. The third kappa shape index (κ3) is 38.1. The van der Waals surface area contributed by atoms with Crippen molar-refractivity contribution in [2.75, 3.05) is 41.0 Å². The van der Waals surface area contributed by atoms with Crippen LogP contribution in [0, 0.1) is 0 Å². The maximum absolute atomic E-state index is 12.7. The number of quaternary nitrogens is 1. The highest BCUT2D eigenvalue weighted by molar-refractivity contribution is 5.70. The Balaban J connectivity index is 4.45. The van der Waals surface area contributed by atoms with Gasteiger partial charge >= 0.3 is 11.9 Å². The third-order valence-electron chi connectivity index (χ3n) is 9.58. The summed E-state index contributed by atoms with van der Waals surface area (Å²) in [4.78, 5) is 36.9. The lowest BCUT2D eigenvalue weighted by Crippen LogP contribution is -2.55. The van der Waals surface area contributed by atoms with Crippen LogP contribution in [0.2, 0.25) is 0 Å². The van der Waals surface area contributed by atoms with Crippen LogP contribution in [-0.2, 0) is 28.6 Å². The van der Waals surface area contributed by atoms with Crippen LogP contribution in [0.3, 0.4) is 0 Å². The number of aliphatic carboxylic acids is 1. The fourth-order valence-corrected chi connectivity index (χ4v) is 6.06. The van der Waals surface area contributed by atoms with E-state index >= 15 is 0 Å². The van der Waals surface area contributed by atoms with Gasteiger partial charge in [-0.1, -0.05) is 150 Å². The molecule has 2 atom stereocenters. The predicted octanol–water partition coefficient (Wildman–Crippen LogP) is 11.2. The van der Waals surface area contributed by atoms with Crippen molar-refractivity contribution in [2.45, 2.75) is 174 Å². The van der Waals surface area contributed by atoms with Gasteiger partial charge in [0, 0.05) is 19.3 Å². The van der Waals surface area contributed by atoms with E-state index < -0.39 is 18.1 Å². The van der Waals surface area contributed by atoms with Gasteiger partial charge in [0.2, 0.25) is 0 Å². The number of hydrogen-bond donors (Lipinski definition) is 0. The lowest BCUT2D eigenvalue weighted by atomic mass is 10.1. The zero-order valence-corrected chi connectivity index (χ0v) is 37.4. The predicted molar refractivity (Wildman–Crippen MR) is 240 cm³/mol. The molecule has 0 aromatic rings. The molecule has 0 aliphatic carbocycles. The van der Waals surface area contributed by atoms with Gasteiger partial charge in [0.15, 0.2) is 6.10 Å². The van der Waals surface area contributed by atoms with Gasteiger partial charge in [-0.3, -0.25) is 9.59 Å². The molecule has 0 aliphatic heterocycles. The molecule has 8 nitrogen and oxygen atoms in total. The van der Waals surface area contributed by atoms with E-state index in [-0.39, 0.29) is 49.1 Å². The van der Waals surface area contributed by atoms with Crippen molar-refractivity contribution >= 4 is 17.9 Å². The van der Waals surface area contributed by atoms with Gasteiger partial charge in [-0.15, -0.1) is 0 Å². The minimum Gasteiger partial charge on any atom is -0.544 e. The van der Waals surface area contributed by atoms with Crippen LogP contribution in [0.25, 0.3) is 0 Å². The Morgan fingerprint density at radius 1 is 0.552 bits per heavy atom. The first kappa shape index (κ1) is 54.5. The Hall–Kier alpha value is -3.49. The average molecular weight is 810 g/mol. The summed E-state index contributed by atoms with van der Waals surface area (Å²) in [6.45, 7) is 4.46. The van der Waals surface area contributed by atoms with Crippen LogP contribution in [0.1, 0.15) is 162 Å². The number of carboxylic acid groups (broad SMARTS) is 1. The lowest BCUT2D eigenvalue weighted by Gasteiger charge is -2.34. The first-order valence-corrected chi connectivity index (χ1v) is 22.6. The summed E-state index contributed by atoms with van der Waals surface area (Å²) in [5, 5.41) is 11.6. The van der Waals surface area contributed by atoms with E-state index in [2.05, 4.69) is 98.9 Å². The molecule has 0 rings (SSSR count). The molecule has 2 unspecified atom stereocenters. The normalized spacial score (nSPS) is 13.7. The molecule has 0 aromatic heterocycles. The molecular weight excluding hydrogens is 727 g/mol. The summed E-state index contributed by atoms with van der Waals surface area (Å²) in [5.41, 5.74) is 0. The minimum absolute atomic E-state index is 0.0168. The highest BCUT2D eigenvalue weighted by Crippen LogP contribution is 2.12. The van der Waals surface area contributed by atoms with Crippen LogP contribution >= 0.6 is 0 Å². The summed E-state index contributed by atoms with van der Waals surface area (Å²) < 4.78 is 17.1. The zero-order valence-electron chi connectivity index (χ0n) is 37.4. The summed E-state index contributed by atoms with van der Waals surface area (Å²) in [6.07, 6.45) is 51.8. The Morgan fingerprint density at radius 2 is 1.03 bits per heavy atom. The largest absolute Gasteiger partial charge is 0.544 e. The molecule has 58 heavy (non-hydrogen) atoms. The Labute approximate surface area is 354 Å². The van der Waals surface area contributed by atoms with Crippen LogP contribution in [0.4, 0.5) is 0 Å². The number of nitrogens with zero attached hydrogens (tertiary/aromatic N) is 1. The number of ether oxygens (including phenoxy) is 3. The standard InChI is InChI=1S/C50H83NO7/c1-6-8-10-12-14-16-18-20-22-24-25-27-29-31-33-35-37-39-41-49(53)58-46(44-56-43-42-47(50(54)55)51(3,4)5)45-57-48(52)40-38-36-34-32-30-28-26-23-21-19-17-15-13-11-9-7-2/h9,11,15,17-18,20-25,27-28,30,46-47H,6-8,10,12-14,16,19,26,29,31-45H2,1-5H3/b11-9+,17-15+,20-18+,23-21+,24-22+,27-25+,30-28+. The van der Waals surface area contributed by atoms with Crippen LogP contribution in [-0.4, -0.2) is 75.5 Å². The maximum atomic E-state index is 12.7. The molecule has 8 heteroatoms. The Morgan fingerprint density at radius 3 is 1.59 bits per heavy atom. The summed E-state index contributed by atoms with van der Waals surface area (Å²) >= 11 is 0. The zero-order chi connectivity index (χ0) is 42.8. The fourth-order valence-electron chi connectivity index (χ4n) is 6.06. The molecule has 330 valence electrons. The Kier molecular flexibility index (Phi) is 37.9. The van der Waals surface area contributed by atoms with Gasteiger partial charge in [-0.05, 0) is 77.0 Å². The van der Waals surface area contributed by atoms with Crippen molar-refractivity contribution in [2.24, 2.45) is 0 Å². The van der Waals surface area contributed by atoms with Crippen molar-refractivity contribution in [3.8, 4) is 0 Å². The molecule has 0 saturated carbocycles. The lowest BCUT2D eigenvalue weighted by molar-refractivity contribution is -0.889. The molecule has 0 radical (unpaired) electrons. The molecular formula is C50H83NO7. The van der Waals surface area contributed by atoms with Gasteiger partial charge in [0.25, 0.3) is 0 Å². The van der Waals surface area contributed by atoms with Crippen molar-refractivity contribution in [3.63, 3.8) is 0 Å². The van der Waals surface area contributed by atoms with E-state index in [1.54, 1.807) is 21.1 Å². The highest BCUT2D eigenvalue weighted by atomic mass is 16.6. The van der Waals surface area contributed by atoms with E-state index in [1.807, 2.05) is 0 Å². The molecule has 0 N–H and O–H groups in total. The van der Waals surface area contributed by atoms with E-state index in [0.717, 1.165) is 96.3 Å². The number of carboxylic acids is 1. The number of allylic oxidation sites excluding steroid dienone is 14. The van der Waals surface area contributed by atoms with Crippen LogP contribution in [0.15, 0.2) is 85.1 Å². The first-order chi connectivity index (χ1) is 28.1. The molecule has 0 fully saturated rings. The van der Waals surface area contributed by atoms with E-state index in [4.69, 9.17) is 14.2 Å². The fraction of sp³-hybridized carbons (Fsp3) is 0.660. The van der Waals surface area contributed by atoms with Crippen molar-refractivity contribution in [1.29, 1.82) is 0 Å². The average Bonchev–Trinajstić information content (AvgIpc) is 3.18. The van der Waals surface area contributed by atoms with E-state index in [1.165, 1.54) is 32.1 Å². The molecule has 0 bridgehead atoms. The first-order valence-electron chi connectivity index (χ1n) is 22.6. The summed E-state index contributed by atoms with van der Waals surface area (Å²) in [5.74, 6) is -1.81. The van der Waals surface area contributed by atoms with Crippen molar-refractivity contribution in [1.82, 2.24) is 0 Å². The SMILES string of the molecule is CC/C=C/C/C=C/C/C=C/C/C=C/CCCCCC(=O)OCC(COCCC(C(=O)[O-])[N+](C)(C)C)OC(=O)CCCCCCC/C=C/C=C/C=C/CCCCCCC. The number of carbonyl (C=O) groups is 3. The molecule has 0 spiro atoms. The number of unbranched alkanes of at least 4 members (excludes halogenated alkanes) is 13. The third-order valence-corrected chi connectivity index (χ3v) is 9.58. The van der Waals surface area contributed by atoms with Gasteiger partial charge in [-0.2, -0.15) is 0 Å². The highest BCUT2D eigenvalue weighted by Gasteiger charge is 2.25. The quantitative estimate of drug-likeness (QED) is 0.0200.